The second kappa shape index (κ2) is 5.79. The molecule has 1 aliphatic rings. The maximum atomic E-state index is 13.4. The number of ether oxygens (including phenoxy) is 3. The van der Waals surface area contributed by atoms with Crippen molar-refractivity contribution in [2.24, 2.45) is 0 Å². The van der Waals surface area contributed by atoms with E-state index in [2.05, 4.69) is 0 Å². The summed E-state index contributed by atoms with van der Waals surface area (Å²) in [6.07, 6.45) is 0. The van der Waals surface area contributed by atoms with Crippen molar-refractivity contribution in [1.29, 1.82) is 0 Å². The summed E-state index contributed by atoms with van der Waals surface area (Å²) in [6.45, 7) is 0.0193. The fourth-order valence-electron chi connectivity index (χ4n) is 2.04. The van der Waals surface area contributed by atoms with Gasteiger partial charge in [-0.05, 0) is 12.1 Å². The Bertz CT molecular complexity index is 675. The second-order valence-electron chi connectivity index (χ2n) is 4.47. The largest absolute Gasteiger partial charge is 0.488 e. The van der Waals surface area contributed by atoms with Crippen LogP contribution < -0.4 is 14.2 Å². The van der Waals surface area contributed by atoms with Gasteiger partial charge in [0.05, 0.1) is 11.6 Å². The Morgan fingerprint density at radius 3 is 2.71 bits per heavy atom. The molecule has 2 aromatic carbocycles. The van der Waals surface area contributed by atoms with Crippen LogP contribution in [0.3, 0.4) is 0 Å². The van der Waals surface area contributed by atoms with Gasteiger partial charge in [0.1, 0.15) is 18.2 Å². The van der Waals surface area contributed by atoms with Gasteiger partial charge in [0.25, 0.3) is 0 Å². The van der Waals surface area contributed by atoms with Crippen molar-refractivity contribution < 1.29 is 23.7 Å². The molecule has 0 saturated carbocycles. The minimum Gasteiger partial charge on any atom is -0.488 e. The van der Waals surface area contributed by atoms with Crippen molar-refractivity contribution >= 4 is 11.6 Å². The fourth-order valence-corrected chi connectivity index (χ4v) is 2.22. The van der Waals surface area contributed by atoms with Gasteiger partial charge in [-0.2, -0.15) is 0 Å². The summed E-state index contributed by atoms with van der Waals surface area (Å²) in [5.41, 5.74) is 1.09. The van der Waals surface area contributed by atoms with Gasteiger partial charge >= 0.3 is 0 Å². The number of halogens is 2. The van der Waals surface area contributed by atoms with Crippen LogP contribution in [0.5, 0.6) is 17.2 Å². The zero-order valence-corrected chi connectivity index (χ0v) is 11.7. The van der Waals surface area contributed by atoms with Gasteiger partial charge in [0, 0.05) is 17.2 Å². The fraction of sp³-hybridized carbons (Fsp3) is 0.200. The molecule has 0 aliphatic carbocycles. The molecule has 3 rings (SSSR count). The van der Waals surface area contributed by atoms with Gasteiger partial charge in [-0.3, -0.25) is 0 Å². The van der Waals surface area contributed by atoms with E-state index in [0.717, 1.165) is 0 Å². The number of aliphatic hydroxyl groups is 1. The molecule has 0 amide bonds. The smallest absolute Gasteiger partial charge is 0.231 e. The molecular weight excluding hydrogens is 299 g/mol. The first-order chi connectivity index (χ1) is 10.2. The van der Waals surface area contributed by atoms with Crippen molar-refractivity contribution in [2.75, 3.05) is 6.79 Å². The lowest BCUT2D eigenvalue weighted by molar-refractivity contribution is 0.173. The highest BCUT2D eigenvalue weighted by Crippen LogP contribution is 2.38. The molecule has 0 bridgehead atoms. The first-order valence-electron chi connectivity index (χ1n) is 6.28. The molecule has 1 aliphatic heterocycles. The van der Waals surface area contributed by atoms with E-state index < -0.39 is 5.82 Å². The lowest BCUT2D eigenvalue weighted by atomic mass is 10.2. The van der Waals surface area contributed by atoms with Crippen LogP contribution >= 0.6 is 11.6 Å². The van der Waals surface area contributed by atoms with Crippen molar-refractivity contribution in [3.8, 4) is 17.2 Å². The van der Waals surface area contributed by atoms with Crippen LogP contribution in [0.1, 0.15) is 11.1 Å². The Balaban J connectivity index is 1.83. The zero-order valence-electron chi connectivity index (χ0n) is 10.9. The second-order valence-corrected chi connectivity index (χ2v) is 4.85. The highest BCUT2D eigenvalue weighted by molar-refractivity contribution is 6.31. The van der Waals surface area contributed by atoms with E-state index in [1.54, 1.807) is 24.3 Å². The van der Waals surface area contributed by atoms with Crippen LogP contribution in [0.4, 0.5) is 4.39 Å². The minimum atomic E-state index is -0.495. The molecule has 21 heavy (non-hydrogen) atoms. The van der Waals surface area contributed by atoms with Gasteiger partial charge in [0.2, 0.25) is 6.79 Å². The average Bonchev–Trinajstić information content (AvgIpc) is 2.95. The number of hydrogen-bond donors (Lipinski definition) is 1. The third-order valence-electron chi connectivity index (χ3n) is 3.14. The summed E-state index contributed by atoms with van der Waals surface area (Å²) >= 11 is 5.88. The maximum Gasteiger partial charge on any atom is 0.231 e. The summed E-state index contributed by atoms with van der Waals surface area (Å²) in [4.78, 5) is 0. The quantitative estimate of drug-likeness (QED) is 0.941. The van der Waals surface area contributed by atoms with Gasteiger partial charge in [0.15, 0.2) is 11.5 Å². The number of aliphatic hydroxyl groups excluding tert-OH is 1. The van der Waals surface area contributed by atoms with Crippen LogP contribution in [0.15, 0.2) is 30.3 Å². The lowest BCUT2D eigenvalue weighted by Crippen LogP contribution is -2.00. The van der Waals surface area contributed by atoms with Crippen molar-refractivity contribution in [3.63, 3.8) is 0 Å². The molecule has 110 valence electrons. The molecule has 1 heterocycles. The normalized spacial score (nSPS) is 12.5. The molecule has 1 N–H and O–H groups in total. The third-order valence-corrected chi connectivity index (χ3v) is 3.56. The van der Waals surface area contributed by atoms with E-state index in [0.29, 0.717) is 28.4 Å². The van der Waals surface area contributed by atoms with E-state index in [-0.39, 0.29) is 25.0 Å². The summed E-state index contributed by atoms with van der Waals surface area (Å²) < 4.78 is 29.5. The zero-order chi connectivity index (χ0) is 14.8. The van der Waals surface area contributed by atoms with Crippen LogP contribution in [-0.4, -0.2) is 11.9 Å². The van der Waals surface area contributed by atoms with Crippen molar-refractivity contribution in [1.82, 2.24) is 0 Å². The molecule has 0 radical (unpaired) electrons. The molecular formula is C15H12ClFO4. The molecule has 0 unspecified atom stereocenters. The number of rotatable bonds is 4. The van der Waals surface area contributed by atoms with Gasteiger partial charge in [-0.15, -0.1) is 0 Å². The molecule has 0 saturated heterocycles. The Morgan fingerprint density at radius 1 is 1.19 bits per heavy atom. The van der Waals surface area contributed by atoms with Crippen LogP contribution in [0, 0.1) is 5.82 Å². The van der Waals surface area contributed by atoms with Crippen LogP contribution in [-0.2, 0) is 13.2 Å². The Labute approximate surface area is 125 Å². The Hall–Kier alpha value is -1.98. The maximum absolute atomic E-state index is 13.4. The molecule has 0 atom stereocenters. The van der Waals surface area contributed by atoms with E-state index >= 15 is 0 Å². The lowest BCUT2D eigenvalue weighted by Gasteiger charge is -2.12. The number of fused-ring (bicyclic) bond motifs is 1. The highest BCUT2D eigenvalue weighted by Gasteiger charge is 2.18. The van der Waals surface area contributed by atoms with E-state index in [9.17, 15) is 9.50 Å². The van der Waals surface area contributed by atoms with Crippen LogP contribution in [0.2, 0.25) is 5.02 Å². The number of benzene rings is 2. The topological polar surface area (TPSA) is 47.9 Å². The van der Waals surface area contributed by atoms with Crippen molar-refractivity contribution in [2.45, 2.75) is 13.2 Å². The number of hydrogen-bond acceptors (Lipinski definition) is 4. The Morgan fingerprint density at radius 2 is 1.95 bits per heavy atom. The Kier molecular flexibility index (Phi) is 3.86. The third kappa shape index (κ3) is 2.75. The molecule has 0 fully saturated rings. The van der Waals surface area contributed by atoms with Gasteiger partial charge in [-0.1, -0.05) is 23.7 Å². The summed E-state index contributed by atoms with van der Waals surface area (Å²) in [5.74, 6) is 1.07. The summed E-state index contributed by atoms with van der Waals surface area (Å²) in [6, 6.07) is 7.82. The van der Waals surface area contributed by atoms with Gasteiger partial charge < -0.3 is 19.3 Å². The average molecular weight is 311 g/mol. The standard InChI is InChI=1S/C15H12ClFO4/c16-15-9(2-1-3-11(15)17)7-19-12-5-14-13(20-8-21-14)4-10(12)6-18/h1-5,18H,6-8H2. The van der Waals surface area contributed by atoms with E-state index in [1.165, 1.54) is 6.07 Å². The first-order valence-corrected chi connectivity index (χ1v) is 6.66. The van der Waals surface area contributed by atoms with E-state index in [4.69, 9.17) is 25.8 Å². The van der Waals surface area contributed by atoms with Crippen LogP contribution in [0.25, 0.3) is 0 Å². The SMILES string of the molecule is OCc1cc2c(cc1OCc1cccc(F)c1Cl)OCO2. The molecule has 2 aromatic rings. The monoisotopic (exact) mass is 310 g/mol. The highest BCUT2D eigenvalue weighted by atomic mass is 35.5. The predicted molar refractivity (Wildman–Crippen MR) is 74.2 cm³/mol. The van der Waals surface area contributed by atoms with Crippen molar-refractivity contribution in [3.05, 3.63) is 52.3 Å². The molecule has 0 spiro atoms. The summed E-state index contributed by atoms with van der Waals surface area (Å²) in [5, 5.41) is 9.41. The molecule has 6 heteroatoms. The minimum absolute atomic E-state index is 0.0313. The first kappa shape index (κ1) is 14.0. The van der Waals surface area contributed by atoms with E-state index in [1.807, 2.05) is 0 Å². The summed E-state index contributed by atoms with van der Waals surface area (Å²) in [7, 11) is 0. The predicted octanol–water partition coefficient (Wildman–Crippen LogP) is 3.28. The molecule has 0 aromatic heterocycles. The van der Waals surface area contributed by atoms with Gasteiger partial charge in [-0.25, -0.2) is 4.39 Å². The molecule has 4 nitrogen and oxygen atoms in total.